The van der Waals surface area contributed by atoms with E-state index in [1.54, 1.807) is 17.4 Å². The molecule has 0 fully saturated rings. The van der Waals surface area contributed by atoms with Crippen molar-refractivity contribution in [2.24, 2.45) is 0 Å². The summed E-state index contributed by atoms with van der Waals surface area (Å²) in [6.07, 6.45) is 2.47. The molecule has 1 aromatic carbocycles. The van der Waals surface area contributed by atoms with Gasteiger partial charge in [0.05, 0.1) is 6.04 Å². The van der Waals surface area contributed by atoms with Gasteiger partial charge in [0.25, 0.3) is 0 Å². The van der Waals surface area contributed by atoms with Crippen molar-refractivity contribution in [3.05, 3.63) is 69.9 Å². The minimum absolute atomic E-state index is 0.0239. The highest BCUT2D eigenvalue weighted by Crippen LogP contribution is 2.38. The summed E-state index contributed by atoms with van der Waals surface area (Å²) in [6, 6.07) is 10.2. The number of nitrogens with zero attached hydrogens (tertiary/aromatic N) is 2. The van der Waals surface area contributed by atoms with Gasteiger partial charge in [-0.05, 0) is 41.5 Å². The van der Waals surface area contributed by atoms with Crippen LogP contribution < -0.4 is 0 Å². The average molecular weight is 399 g/mol. The molecule has 0 saturated heterocycles. The van der Waals surface area contributed by atoms with Crippen LogP contribution in [0.15, 0.2) is 48.4 Å². The van der Waals surface area contributed by atoms with Crippen LogP contribution in [0.2, 0.25) is 0 Å². The monoisotopic (exact) mass is 398 g/mol. The van der Waals surface area contributed by atoms with Crippen LogP contribution in [0.3, 0.4) is 0 Å². The van der Waals surface area contributed by atoms with E-state index in [9.17, 15) is 9.59 Å². The van der Waals surface area contributed by atoms with Gasteiger partial charge in [0.1, 0.15) is 13.2 Å². The number of hydrogen-bond acceptors (Lipinski definition) is 4. The van der Waals surface area contributed by atoms with Gasteiger partial charge in [0.15, 0.2) is 0 Å². The number of methoxy groups -OCH3 is 1. The number of fused-ring (bicyclic) bond motifs is 1. The van der Waals surface area contributed by atoms with Crippen LogP contribution in [-0.4, -0.2) is 55.0 Å². The Hall–Kier alpha value is -2.44. The second-order valence-electron chi connectivity index (χ2n) is 6.89. The number of carbonyl (C=O) groups is 2. The molecule has 0 N–H and O–H groups in total. The fourth-order valence-corrected chi connectivity index (χ4v) is 4.60. The summed E-state index contributed by atoms with van der Waals surface area (Å²) in [5.41, 5.74) is 3.48. The summed E-state index contributed by atoms with van der Waals surface area (Å²) in [5.74, 6) is -0.271. The Morgan fingerprint density at radius 3 is 2.82 bits per heavy atom. The summed E-state index contributed by atoms with van der Waals surface area (Å²) in [6.45, 7) is 6.72. The normalized spacial score (nSPS) is 15.8. The van der Waals surface area contributed by atoms with E-state index in [1.165, 1.54) is 22.5 Å². The van der Waals surface area contributed by atoms with Crippen molar-refractivity contribution in [3.8, 4) is 0 Å². The largest absolute Gasteiger partial charge is 0.375 e. The van der Waals surface area contributed by atoms with Crippen LogP contribution in [0.25, 0.3) is 0 Å². The fraction of sp³-hybridized carbons (Fsp3) is 0.364. The SMILES string of the molecule is C=CCN(CC(=O)N1CCc2sccc2[C@@H]1c1ccccc1C)C(=O)COC. The standard InChI is InChI=1S/C22H26N2O3S/c1-4-11-23(21(26)15-27-3)14-20(25)24-12-9-19-18(10-13-28-19)22(24)17-8-6-5-7-16(17)2/h4-8,10,13,22H,1,9,11-12,14-15H2,2-3H3/t22-/m0/s1. The molecule has 2 aromatic rings. The van der Waals surface area contributed by atoms with Gasteiger partial charge in [-0.2, -0.15) is 0 Å². The fourth-order valence-electron chi connectivity index (χ4n) is 3.69. The van der Waals surface area contributed by atoms with Crippen LogP contribution in [-0.2, 0) is 20.7 Å². The second kappa shape index (κ2) is 9.17. The van der Waals surface area contributed by atoms with Crippen molar-refractivity contribution >= 4 is 23.2 Å². The zero-order valence-electron chi connectivity index (χ0n) is 16.4. The number of ether oxygens (including phenoxy) is 1. The van der Waals surface area contributed by atoms with Crippen molar-refractivity contribution in [2.45, 2.75) is 19.4 Å². The van der Waals surface area contributed by atoms with Crippen LogP contribution in [0, 0.1) is 6.92 Å². The molecule has 0 spiro atoms. The van der Waals surface area contributed by atoms with Gasteiger partial charge in [-0.15, -0.1) is 17.9 Å². The van der Waals surface area contributed by atoms with E-state index < -0.39 is 0 Å². The van der Waals surface area contributed by atoms with Crippen LogP contribution in [0.1, 0.15) is 27.6 Å². The van der Waals surface area contributed by atoms with E-state index >= 15 is 0 Å². The lowest BCUT2D eigenvalue weighted by Crippen LogP contribution is -2.47. The zero-order valence-corrected chi connectivity index (χ0v) is 17.2. The Labute approximate surface area is 170 Å². The molecule has 2 heterocycles. The first-order valence-electron chi connectivity index (χ1n) is 9.35. The topological polar surface area (TPSA) is 49.9 Å². The maximum absolute atomic E-state index is 13.3. The second-order valence-corrected chi connectivity index (χ2v) is 7.89. The predicted octanol–water partition coefficient (Wildman–Crippen LogP) is 3.19. The minimum atomic E-state index is -0.212. The molecule has 2 amide bonds. The molecule has 1 aliphatic heterocycles. The molecular formula is C22H26N2O3S. The summed E-state index contributed by atoms with van der Waals surface area (Å²) in [7, 11) is 1.47. The van der Waals surface area contributed by atoms with Gasteiger partial charge in [0, 0.05) is 25.1 Å². The summed E-state index contributed by atoms with van der Waals surface area (Å²) >= 11 is 1.74. The Morgan fingerprint density at radius 2 is 2.11 bits per heavy atom. The smallest absolute Gasteiger partial charge is 0.249 e. The zero-order chi connectivity index (χ0) is 20.1. The third kappa shape index (κ3) is 4.18. The maximum atomic E-state index is 13.3. The first-order valence-corrected chi connectivity index (χ1v) is 10.2. The molecule has 0 aliphatic carbocycles. The molecule has 0 saturated carbocycles. The number of carbonyl (C=O) groups excluding carboxylic acids is 2. The maximum Gasteiger partial charge on any atom is 0.249 e. The molecular weight excluding hydrogens is 372 g/mol. The number of rotatable bonds is 7. The van der Waals surface area contributed by atoms with Gasteiger partial charge in [-0.25, -0.2) is 0 Å². The minimum Gasteiger partial charge on any atom is -0.375 e. The van der Waals surface area contributed by atoms with Crippen LogP contribution in [0.5, 0.6) is 0 Å². The van der Waals surface area contributed by atoms with Crippen LogP contribution in [0.4, 0.5) is 0 Å². The molecule has 3 rings (SSSR count). The Balaban J connectivity index is 1.90. The molecule has 0 unspecified atom stereocenters. The number of amides is 2. The van der Waals surface area contributed by atoms with E-state index in [-0.39, 0.29) is 31.0 Å². The Morgan fingerprint density at radius 1 is 1.32 bits per heavy atom. The van der Waals surface area contributed by atoms with Gasteiger partial charge < -0.3 is 14.5 Å². The van der Waals surface area contributed by atoms with Gasteiger partial charge in [0.2, 0.25) is 11.8 Å². The third-order valence-electron chi connectivity index (χ3n) is 5.07. The molecule has 5 nitrogen and oxygen atoms in total. The number of benzene rings is 1. The van der Waals surface area contributed by atoms with Gasteiger partial charge in [-0.1, -0.05) is 30.3 Å². The van der Waals surface area contributed by atoms with Gasteiger partial charge in [-0.3, -0.25) is 9.59 Å². The quantitative estimate of drug-likeness (QED) is 0.673. The molecule has 6 heteroatoms. The molecule has 1 aliphatic rings. The Kier molecular flexibility index (Phi) is 6.65. The molecule has 28 heavy (non-hydrogen) atoms. The summed E-state index contributed by atoms with van der Waals surface area (Å²) in [4.78, 5) is 30.3. The highest BCUT2D eigenvalue weighted by Gasteiger charge is 2.34. The highest BCUT2D eigenvalue weighted by molar-refractivity contribution is 7.10. The average Bonchev–Trinajstić information content (AvgIpc) is 3.16. The molecule has 0 radical (unpaired) electrons. The van der Waals surface area contributed by atoms with E-state index in [2.05, 4.69) is 37.1 Å². The highest BCUT2D eigenvalue weighted by atomic mass is 32.1. The van der Waals surface area contributed by atoms with E-state index in [4.69, 9.17) is 4.74 Å². The van der Waals surface area contributed by atoms with Crippen molar-refractivity contribution in [1.82, 2.24) is 9.80 Å². The van der Waals surface area contributed by atoms with Crippen molar-refractivity contribution < 1.29 is 14.3 Å². The molecule has 0 bridgehead atoms. The third-order valence-corrected chi connectivity index (χ3v) is 6.06. The molecule has 1 aromatic heterocycles. The van der Waals surface area contributed by atoms with Gasteiger partial charge >= 0.3 is 0 Å². The van der Waals surface area contributed by atoms with E-state index in [0.717, 1.165) is 17.5 Å². The summed E-state index contributed by atoms with van der Waals surface area (Å²) < 4.78 is 4.95. The Bertz CT molecular complexity index is 861. The summed E-state index contributed by atoms with van der Waals surface area (Å²) in [5, 5.41) is 2.09. The lowest BCUT2D eigenvalue weighted by Gasteiger charge is -2.38. The van der Waals surface area contributed by atoms with E-state index in [1.807, 2.05) is 17.0 Å². The first kappa shape index (κ1) is 20.3. The van der Waals surface area contributed by atoms with Crippen molar-refractivity contribution in [3.63, 3.8) is 0 Å². The lowest BCUT2D eigenvalue weighted by atomic mass is 9.90. The van der Waals surface area contributed by atoms with Crippen LogP contribution >= 0.6 is 11.3 Å². The number of aryl methyl sites for hydroxylation is 1. The lowest BCUT2D eigenvalue weighted by molar-refractivity contribution is -0.143. The number of thiophene rings is 1. The predicted molar refractivity (Wildman–Crippen MR) is 111 cm³/mol. The van der Waals surface area contributed by atoms with Crippen molar-refractivity contribution in [1.29, 1.82) is 0 Å². The van der Waals surface area contributed by atoms with Crippen molar-refractivity contribution in [2.75, 3.05) is 33.4 Å². The molecule has 148 valence electrons. The van der Waals surface area contributed by atoms with E-state index in [0.29, 0.717) is 13.1 Å². The number of hydrogen-bond donors (Lipinski definition) is 0. The first-order chi connectivity index (χ1) is 13.6. The molecule has 1 atom stereocenters.